The minimum absolute atomic E-state index is 0.0138. The lowest BCUT2D eigenvalue weighted by atomic mass is 10.1. The molecule has 4 rings (SSSR count). The van der Waals surface area contributed by atoms with Crippen molar-refractivity contribution in [2.75, 3.05) is 18.0 Å². The Labute approximate surface area is 267 Å². The second-order valence-corrected chi connectivity index (χ2v) is 13.7. The first-order valence-corrected chi connectivity index (χ1v) is 16.4. The number of methoxy groups -OCH3 is 1. The van der Waals surface area contributed by atoms with E-state index in [1.807, 2.05) is 6.92 Å². The number of hydrogen-bond acceptors (Lipinski definition) is 5. The van der Waals surface area contributed by atoms with E-state index in [1.54, 1.807) is 43.3 Å². The van der Waals surface area contributed by atoms with Gasteiger partial charge in [0.1, 0.15) is 18.3 Å². The molecular formula is C31H34Cl3N3O5S. The molecule has 3 aromatic carbocycles. The van der Waals surface area contributed by atoms with Crippen LogP contribution in [0.4, 0.5) is 5.69 Å². The quantitative estimate of drug-likeness (QED) is 0.248. The van der Waals surface area contributed by atoms with Crippen molar-refractivity contribution in [1.29, 1.82) is 0 Å². The molecule has 1 saturated carbocycles. The summed E-state index contributed by atoms with van der Waals surface area (Å²) in [5.74, 6) is -0.734. The molecule has 0 aromatic heterocycles. The Balaban J connectivity index is 1.75. The van der Waals surface area contributed by atoms with Gasteiger partial charge >= 0.3 is 0 Å². The van der Waals surface area contributed by atoms with Crippen molar-refractivity contribution in [3.63, 3.8) is 0 Å². The van der Waals surface area contributed by atoms with Crippen LogP contribution >= 0.6 is 34.8 Å². The van der Waals surface area contributed by atoms with E-state index in [1.165, 1.54) is 36.3 Å². The van der Waals surface area contributed by atoms with Crippen LogP contribution in [0.3, 0.4) is 0 Å². The predicted octanol–water partition coefficient (Wildman–Crippen LogP) is 6.64. The van der Waals surface area contributed by atoms with Gasteiger partial charge in [-0.2, -0.15) is 0 Å². The number of carbonyl (C=O) groups excluding carboxylic acids is 2. The smallest absolute Gasteiger partial charge is 0.264 e. The molecule has 43 heavy (non-hydrogen) atoms. The van der Waals surface area contributed by atoms with Crippen LogP contribution < -0.4 is 14.4 Å². The number of sulfonamides is 1. The normalized spacial score (nSPS) is 14.3. The van der Waals surface area contributed by atoms with Gasteiger partial charge in [0, 0.05) is 17.6 Å². The van der Waals surface area contributed by atoms with Crippen LogP contribution in [0.2, 0.25) is 15.1 Å². The molecule has 230 valence electrons. The van der Waals surface area contributed by atoms with Crippen molar-refractivity contribution in [1.82, 2.24) is 10.2 Å². The van der Waals surface area contributed by atoms with Gasteiger partial charge in [-0.15, -0.1) is 0 Å². The highest BCUT2D eigenvalue weighted by Crippen LogP contribution is 2.35. The highest BCUT2D eigenvalue weighted by molar-refractivity contribution is 7.92. The zero-order valence-electron chi connectivity index (χ0n) is 24.1. The van der Waals surface area contributed by atoms with E-state index in [2.05, 4.69) is 5.32 Å². The Morgan fingerprint density at radius 2 is 1.65 bits per heavy atom. The summed E-state index contributed by atoms with van der Waals surface area (Å²) in [5, 5.41) is 3.94. The third kappa shape index (κ3) is 7.95. The molecule has 1 N–H and O–H groups in total. The first kappa shape index (κ1) is 32.9. The number of aryl methyl sites for hydroxylation is 1. The largest absolute Gasteiger partial charge is 0.495 e. The molecule has 1 fully saturated rings. The molecule has 1 atom stereocenters. The lowest BCUT2D eigenvalue weighted by molar-refractivity contribution is -0.139. The monoisotopic (exact) mass is 665 g/mol. The second kappa shape index (κ2) is 14.2. The van der Waals surface area contributed by atoms with E-state index < -0.39 is 28.5 Å². The topological polar surface area (TPSA) is 96.0 Å². The molecular weight excluding hydrogens is 633 g/mol. The average Bonchev–Trinajstić information content (AvgIpc) is 3.49. The van der Waals surface area contributed by atoms with Gasteiger partial charge in [-0.3, -0.25) is 13.9 Å². The van der Waals surface area contributed by atoms with Crippen molar-refractivity contribution in [3.8, 4) is 5.75 Å². The van der Waals surface area contributed by atoms with Crippen LogP contribution in [0.25, 0.3) is 0 Å². The Kier molecular flexibility index (Phi) is 10.9. The van der Waals surface area contributed by atoms with Crippen molar-refractivity contribution in [3.05, 3.63) is 86.9 Å². The van der Waals surface area contributed by atoms with Crippen molar-refractivity contribution >= 4 is 62.3 Å². The van der Waals surface area contributed by atoms with Crippen molar-refractivity contribution < 1.29 is 22.7 Å². The Morgan fingerprint density at radius 3 is 2.28 bits per heavy atom. The highest BCUT2D eigenvalue weighted by Gasteiger charge is 2.34. The SMILES string of the molecule is COc1ccc(Cl)cc1N(CC(=O)N(Cc1ccc(Cl)c(Cl)c1)[C@H](C)C(=O)NC1CCCC1)S(=O)(=O)c1ccc(C)cc1. The van der Waals surface area contributed by atoms with Gasteiger partial charge < -0.3 is 15.0 Å². The van der Waals surface area contributed by atoms with Crippen LogP contribution in [0, 0.1) is 6.92 Å². The minimum atomic E-state index is -4.29. The van der Waals surface area contributed by atoms with Gasteiger partial charge in [0.05, 0.1) is 27.7 Å². The lowest BCUT2D eigenvalue weighted by Gasteiger charge is -2.33. The van der Waals surface area contributed by atoms with Crippen LogP contribution in [-0.2, 0) is 26.2 Å². The molecule has 12 heteroatoms. The number of halogens is 3. The molecule has 0 bridgehead atoms. The summed E-state index contributed by atoms with van der Waals surface area (Å²) in [6.45, 7) is 2.82. The van der Waals surface area contributed by atoms with Crippen molar-refractivity contribution in [2.45, 2.75) is 63.1 Å². The predicted molar refractivity (Wildman–Crippen MR) is 171 cm³/mol. The second-order valence-electron chi connectivity index (χ2n) is 10.6. The van der Waals surface area contributed by atoms with E-state index in [0.717, 1.165) is 35.6 Å². The van der Waals surface area contributed by atoms with Gasteiger partial charge in [0.15, 0.2) is 0 Å². The molecule has 0 aliphatic heterocycles. The van der Waals surface area contributed by atoms with Crippen molar-refractivity contribution in [2.24, 2.45) is 0 Å². The fraction of sp³-hybridized carbons (Fsp3) is 0.355. The zero-order chi connectivity index (χ0) is 31.3. The fourth-order valence-electron chi connectivity index (χ4n) is 5.02. The number of ether oxygens (including phenoxy) is 1. The number of amides is 2. The molecule has 0 unspecified atom stereocenters. The third-order valence-electron chi connectivity index (χ3n) is 7.50. The summed E-state index contributed by atoms with van der Waals surface area (Å²) >= 11 is 18.7. The molecule has 1 aliphatic carbocycles. The Morgan fingerprint density at radius 1 is 0.977 bits per heavy atom. The number of hydrogen-bond donors (Lipinski definition) is 1. The molecule has 0 saturated heterocycles. The minimum Gasteiger partial charge on any atom is -0.495 e. The van der Waals surface area contributed by atoms with Crippen LogP contribution in [0.15, 0.2) is 65.6 Å². The first-order valence-electron chi connectivity index (χ1n) is 13.9. The summed E-state index contributed by atoms with van der Waals surface area (Å²) < 4.78 is 34.6. The molecule has 2 amide bonds. The number of rotatable bonds is 11. The van der Waals surface area contributed by atoms with Crippen LogP contribution in [-0.4, -0.2) is 50.9 Å². The molecule has 0 radical (unpaired) electrons. The third-order valence-corrected chi connectivity index (χ3v) is 10.3. The molecule has 3 aromatic rings. The van der Waals surface area contributed by atoms with Gasteiger partial charge in [0.2, 0.25) is 11.8 Å². The maximum absolute atomic E-state index is 14.2. The maximum Gasteiger partial charge on any atom is 0.264 e. The molecule has 0 spiro atoms. The molecule has 8 nitrogen and oxygen atoms in total. The number of nitrogens with zero attached hydrogens (tertiary/aromatic N) is 2. The number of benzene rings is 3. The average molecular weight is 667 g/mol. The van der Waals surface area contributed by atoms with E-state index in [-0.39, 0.29) is 39.8 Å². The summed E-state index contributed by atoms with van der Waals surface area (Å²) in [4.78, 5) is 28.9. The van der Waals surface area contributed by atoms with E-state index in [4.69, 9.17) is 39.5 Å². The first-order chi connectivity index (χ1) is 20.4. The van der Waals surface area contributed by atoms with E-state index >= 15 is 0 Å². The standard InChI is InChI=1S/C31H34Cl3N3O5S/c1-20-8-12-25(13-9-20)43(40,41)37(28-17-23(32)11-15-29(28)42-3)19-30(38)36(18-22-10-14-26(33)27(34)16-22)21(2)31(39)35-24-6-4-5-7-24/h8-17,21,24H,4-7,18-19H2,1-3H3,(H,35,39)/t21-/m1/s1. The number of nitrogens with one attached hydrogen (secondary N) is 1. The van der Waals surface area contributed by atoms with E-state index in [0.29, 0.717) is 15.6 Å². The summed E-state index contributed by atoms with van der Waals surface area (Å²) in [6.07, 6.45) is 3.80. The van der Waals surface area contributed by atoms with Gasteiger partial charge in [-0.1, -0.05) is 71.4 Å². The Hall–Kier alpha value is -2.98. The number of anilines is 1. The molecule has 0 heterocycles. The van der Waals surface area contributed by atoms with Gasteiger partial charge in [0.25, 0.3) is 10.0 Å². The molecule has 1 aliphatic rings. The summed E-state index contributed by atoms with van der Waals surface area (Å²) in [7, 11) is -2.89. The van der Waals surface area contributed by atoms with Gasteiger partial charge in [-0.25, -0.2) is 8.42 Å². The fourth-order valence-corrected chi connectivity index (χ4v) is 6.92. The van der Waals surface area contributed by atoms with E-state index in [9.17, 15) is 18.0 Å². The Bertz CT molecular complexity index is 1580. The zero-order valence-corrected chi connectivity index (χ0v) is 27.2. The number of carbonyl (C=O) groups is 2. The van der Waals surface area contributed by atoms with Gasteiger partial charge in [-0.05, 0) is 74.7 Å². The van der Waals surface area contributed by atoms with Crippen LogP contribution in [0.1, 0.15) is 43.7 Å². The maximum atomic E-state index is 14.2. The highest BCUT2D eigenvalue weighted by atomic mass is 35.5. The van der Waals surface area contributed by atoms with Crippen LogP contribution in [0.5, 0.6) is 5.75 Å². The summed E-state index contributed by atoms with van der Waals surface area (Å²) in [5.41, 5.74) is 1.58. The summed E-state index contributed by atoms with van der Waals surface area (Å²) in [6, 6.07) is 14.9. The lowest BCUT2D eigenvalue weighted by Crippen LogP contribution is -2.52.